The molecule has 1 saturated heterocycles. The van der Waals surface area contributed by atoms with Gasteiger partial charge in [-0.3, -0.25) is 38.4 Å². The Balaban J connectivity index is 2.87. The van der Waals surface area contributed by atoms with Crippen LogP contribution >= 0.6 is 0 Å². The topological polar surface area (TPSA) is 278 Å². The SMILES string of the molecule is CC(=O)OC[C@H]1O[C@H](OC2[C@H](OC(C)=O)[C@H](OC(C)=O)C(OC(C)=O)[C@H](OC(C)=O)[C@H]2OC(C)=O)[C@H](N=[N+]=[N-])[C@@H](OC(C)=O)[C@@H]1OC(C)=O. The van der Waals surface area contributed by atoms with Crippen LogP contribution in [0, 0.1) is 0 Å². The van der Waals surface area contributed by atoms with Gasteiger partial charge in [-0.2, -0.15) is 0 Å². The zero-order valence-corrected chi connectivity index (χ0v) is 27.7. The zero-order valence-electron chi connectivity index (χ0n) is 27.7. The fraction of sp³-hybridized carbons (Fsp3) is 0.714. The molecule has 2 unspecified atom stereocenters. The number of hydrogen-bond acceptors (Lipinski definition) is 19. The van der Waals surface area contributed by atoms with Crippen molar-refractivity contribution in [1.82, 2.24) is 0 Å². The highest BCUT2D eigenvalue weighted by atomic mass is 16.7. The lowest BCUT2D eigenvalue weighted by Gasteiger charge is -2.50. The molecule has 21 heteroatoms. The summed E-state index contributed by atoms with van der Waals surface area (Å²) in [4.78, 5) is 100. The lowest BCUT2D eigenvalue weighted by atomic mass is 9.83. The molecule has 2 rings (SSSR count). The number of carbonyl (C=O) groups excluding carboxylic acids is 8. The lowest BCUT2D eigenvalue weighted by Crippen LogP contribution is -2.70. The summed E-state index contributed by atoms with van der Waals surface area (Å²) in [6.45, 7) is 7.23. The summed E-state index contributed by atoms with van der Waals surface area (Å²) >= 11 is 0. The van der Waals surface area contributed by atoms with E-state index in [4.69, 9.17) is 47.4 Å². The van der Waals surface area contributed by atoms with Gasteiger partial charge in [-0.05, 0) is 5.53 Å². The van der Waals surface area contributed by atoms with Crippen molar-refractivity contribution in [2.45, 2.75) is 123 Å². The number of rotatable bonds is 12. The Morgan fingerprint density at radius 1 is 0.510 bits per heavy atom. The second-order valence-electron chi connectivity index (χ2n) is 10.7. The first kappa shape index (κ1) is 40.2. The monoisotopic (exact) mass is 703 g/mol. The van der Waals surface area contributed by atoms with Gasteiger partial charge in [0.15, 0.2) is 49.0 Å². The number of carbonyl (C=O) groups is 8. The van der Waals surface area contributed by atoms with E-state index in [9.17, 15) is 43.9 Å². The molecule has 1 aliphatic carbocycles. The van der Waals surface area contributed by atoms with Gasteiger partial charge in [0.1, 0.15) is 24.9 Å². The van der Waals surface area contributed by atoms with Crippen LogP contribution < -0.4 is 0 Å². The van der Waals surface area contributed by atoms with E-state index < -0.39 is 122 Å². The van der Waals surface area contributed by atoms with Crippen molar-refractivity contribution < 1.29 is 85.7 Å². The first-order valence-corrected chi connectivity index (χ1v) is 14.5. The van der Waals surface area contributed by atoms with E-state index in [0.29, 0.717) is 0 Å². The molecule has 0 aromatic heterocycles. The van der Waals surface area contributed by atoms with Gasteiger partial charge in [0.2, 0.25) is 0 Å². The van der Waals surface area contributed by atoms with Gasteiger partial charge in [0.05, 0.1) is 0 Å². The standard InChI is InChI=1S/C28H37N3O18/c1-10(32)40-9-18-20(41-11(2)33)21(42-12(3)34)19(30-31-29)28(48-18)49-27-25(46-16(7)38)23(44-14(5)36)22(43-13(4)35)24(45-15(6)37)26(27)47-17(8)39/h18-28H,9H2,1-8H3/t18-,19-,20-,21-,22?,23-,24+,25-,26-,27?,28-/m1/s1. The summed E-state index contributed by atoms with van der Waals surface area (Å²) in [5.74, 6) is -7.64. The minimum absolute atomic E-state index is 0.639. The maximum Gasteiger partial charge on any atom is 0.303 e. The summed E-state index contributed by atoms with van der Waals surface area (Å²) in [7, 11) is 0. The Labute approximate surface area is 278 Å². The molecule has 1 heterocycles. The number of esters is 8. The third-order valence-electron chi connectivity index (χ3n) is 6.60. The molecule has 49 heavy (non-hydrogen) atoms. The van der Waals surface area contributed by atoms with Gasteiger partial charge in [0, 0.05) is 60.3 Å². The van der Waals surface area contributed by atoms with Crippen LogP contribution in [0.2, 0.25) is 0 Å². The highest BCUT2D eigenvalue weighted by Crippen LogP contribution is 2.38. The van der Waals surface area contributed by atoms with Crippen molar-refractivity contribution in [3.63, 3.8) is 0 Å². The molecule has 0 aromatic rings. The van der Waals surface area contributed by atoms with E-state index >= 15 is 0 Å². The molecule has 1 saturated carbocycles. The molecule has 11 atom stereocenters. The molecule has 21 nitrogen and oxygen atoms in total. The Morgan fingerprint density at radius 2 is 0.837 bits per heavy atom. The smallest absolute Gasteiger partial charge is 0.303 e. The fourth-order valence-corrected chi connectivity index (χ4v) is 5.24. The van der Waals surface area contributed by atoms with Gasteiger partial charge in [-0.25, -0.2) is 0 Å². The highest BCUT2D eigenvalue weighted by Gasteiger charge is 2.62. The van der Waals surface area contributed by atoms with Crippen molar-refractivity contribution in [2.75, 3.05) is 6.61 Å². The van der Waals surface area contributed by atoms with E-state index in [0.717, 1.165) is 55.4 Å². The molecule has 2 fully saturated rings. The Hall–Kier alpha value is -5.01. The van der Waals surface area contributed by atoms with Gasteiger partial charge in [-0.15, -0.1) is 0 Å². The molecule has 2 aliphatic rings. The van der Waals surface area contributed by atoms with Crippen molar-refractivity contribution in [2.24, 2.45) is 5.11 Å². The van der Waals surface area contributed by atoms with Gasteiger partial charge in [-0.1, -0.05) is 5.11 Å². The highest BCUT2D eigenvalue weighted by molar-refractivity contribution is 5.70. The zero-order chi connectivity index (χ0) is 37.2. The lowest BCUT2D eigenvalue weighted by molar-refractivity contribution is -0.322. The van der Waals surface area contributed by atoms with Crippen LogP contribution in [0.5, 0.6) is 0 Å². The number of nitrogens with zero attached hydrogens (tertiary/aromatic N) is 3. The van der Waals surface area contributed by atoms with Crippen molar-refractivity contribution in [1.29, 1.82) is 0 Å². The molecular weight excluding hydrogens is 666 g/mol. The summed E-state index contributed by atoms with van der Waals surface area (Å²) in [6.07, 6.45) is -17.6. The average molecular weight is 704 g/mol. The second-order valence-corrected chi connectivity index (χ2v) is 10.7. The summed E-state index contributed by atoms with van der Waals surface area (Å²) < 4.78 is 54.9. The third kappa shape index (κ3) is 11.6. The summed E-state index contributed by atoms with van der Waals surface area (Å²) in [6, 6.07) is -1.74. The normalized spacial score (nSPS) is 30.6. The van der Waals surface area contributed by atoms with Crippen LogP contribution in [0.1, 0.15) is 55.4 Å². The maximum atomic E-state index is 12.4. The van der Waals surface area contributed by atoms with Crippen LogP contribution in [0.15, 0.2) is 5.11 Å². The third-order valence-corrected chi connectivity index (χ3v) is 6.60. The maximum absolute atomic E-state index is 12.4. The molecule has 0 aromatic carbocycles. The molecule has 0 spiro atoms. The average Bonchev–Trinajstić information content (AvgIpc) is 2.94. The molecule has 272 valence electrons. The van der Waals surface area contributed by atoms with Crippen LogP contribution in [0.3, 0.4) is 0 Å². The predicted octanol–water partition coefficient (Wildman–Crippen LogP) is -0.126. The summed E-state index contributed by atoms with van der Waals surface area (Å²) in [5.41, 5.74) is 9.47. The number of azide groups is 1. The molecule has 0 N–H and O–H groups in total. The molecule has 1 aliphatic heterocycles. The van der Waals surface area contributed by atoms with Gasteiger partial charge in [0.25, 0.3) is 0 Å². The van der Waals surface area contributed by atoms with Crippen LogP contribution in [-0.2, 0) is 85.7 Å². The molecular formula is C28H37N3O18. The van der Waals surface area contributed by atoms with Crippen molar-refractivity contribution in [3.05, 3.63) is 10.4 Å². The number of ether oxygens (including phenoxy) is 10. The fourth-order valence-electron chi connectivity index (χ4n) is 5.24. The van der Waals surface area contributed by atoms with Crippen LogP contribution in [-0.4, -0.2) is 122 Å². The minimum atomic E-state index is -1.92. The minimum Gasteiger partial charge on any atom is -0.463 e. The van der Waals surface area contributed by atoms with E-state index in [1.54, 1.807) is 0 Å². The van der Waals surface area contributed by atoms with E-state index in [2.05, 4.69) is 10.0 Å². The summed E-state index contributed by atoms with van der Waals surface area (Å²) in [5, 5.41) is 3.61. The Bertz CT molecular complexity index is 1300. The van der Waals surface area contributed by atoms with Crippen LogP contribution in [0.25, 0.3) is 10.4 Å². The van der Waals surface area contributed by atoms with E-state index in [1.807, 2.05) is 0 Å². The largest absolute Gasteiger partial charge is 0.463 e. The van der Waals surface area contributed by atoms with Crippen molar-refractivity contribution in [3.8, 4) is 0 Å². The first-order valence-electron chi connectivity index (χ1n) is 14.5. The van der Waals surface area contributed by atoms with Crippen LogP contribution in [0.4, 0.5) is 0 Å². The first-order chi connectivity index (χ1) is 22.9. The van der Waals surface area contributed by atoms with Crippen molar-refractivity contribution >= 4 is 47.8 Å². The molecule has 0 amide bonds. The Morgan fingerprint density at radius 3 is 1.16 bits per heavy atom. The van der Waals surface area contributed by atoms with E-state index in [-0.39, 0.29) is 0 Å². The predicted molar refractivity (Wildman–Crippen MR) is 152 cm³/mol. The quantitative estimate of drug-likeness (QED) is 0.0841. The van der Waals surface area contributed by atoms with Gasteiger partial charge < -0.3 is 47.4 Å². The van der Waals surface area contributed by atoms with Gasteiger partial charge >= 0.3 is 47.8 Å². The Kier molecular flexibility index (Phi) is 14.7. The molecule has 0 bridgehead atoms. The molecule has 0 radical (unpaired) electrons. The second kappa shape index (κ2) is 17.9. The van der Waals surface area contributed by atoms with E-state index in [1.165, 1.54) is 0 Å². The number of hydrogen-bond donors (Lipinski definition) is 0.